The van der Waals surface area contributed by atoms with Gasteiger partial charge in [-0.25, -0.2) is 9.59 Å². The Morgan fingerprint density at radius 2 is 1.37 bits per heavy atom. The Hall–Kier alpha value is -3.32. The normalized spacial score (nSPS) is 10.6. The molecule has 0 bridgehead atoms. The molecule has 0 aliphatic heterocycles. The van der Waals surface area contributed by atoms with E-state index in [1.807, 2.05) is 0 Å². The number of nitrogens with zero attached hydrogens (tertiary/aromatic N) is 1. The number of benzene rings is 3. The minimum absolute atomic E-state index is 0.0171. The smallest absolute Gasteiger partial charge is 0.336 e. The SMILES string of the molecule is Nc1c(Cl)cc(C(=O)O)cc1Cl.Nc1cc(Cl)c(Cl)cc1S(=O)(=O)O.O=C(O)c1cccc2ncccc12. The van der Waals surface area contributed by atoms with Crippen molar-refractivity contribution in [3.05, 3.63) is 92.0 Å². The molecule has 0 radical (unpaired) electrons. The average Bonchev–Trinajstić information content (AvgIpc) is 2.84. The van der Waals surface area contributed by atoms with E-state index in [2.05, 4.69) is 4.98 Å². The van der Waals surface area contributed by atoms with Gasteiger partial charge in [0.25, 0.3) is 10.1 Å². The lowest BCUT2D eigenvalue weighted by atomic mass is 10.1. The van der Waals surface area contributed by atoms with Gasteiger partial charge in [0.15, 0.2) is 0 Å². The lowest BCUT2D eigenvalue weighted by molar-refractivity contribution is 0.0687. The van der Waals surface area contributed by atoms with Crippen LogP contribution in [0.15, 0.2) is 65.7 Å². The highest BCUT2D eigenvalue weighted by atomic mass is 35.5. The summed E-state index contributed by atoms with van der Waals surface area (Å²) in [7, 11) is -4.34. The Morgan fingerprint density at radius 1 is 0.789 bits per heavy atom. The minimum atomic E-state index is -4.34. The molecule has 0 atom stereocenters. The first-order valence-corrected chi connectivity index (χ1v) is 12.9. The van der Waals surface area contributed by atoms with Crippen LogP contribution in [0.4, 0.5) is 11.4 Å². The highest BCUT2D eigenvalue weighted by Crippen LogP contribution is 2.30. The molecule has 7 N–H and O–H groups in total. The van der Waals surface area contributed by atoms with Crippen molar-refractivity contribution in [1.82, 2.24) is 4.98 Å². The Labute approximate surface area is 236 Å². The number of carbonyl (C=O) groups is 2. The number of hydrogen-bond acceptors (Lipinski definition) is 7. The highest BCUT2D eigenvalue weighted by Gasteiger charge is 2.16. The quantitative estimate of drug-likeness (QED) is 0.133. The molecule has 4 rings (SSSR count). The molecule has 15 heteroatoms. The van der Waals surface area contributed by atoms with Gasteiger partial charge in [-0.3, -0.25) is 9.54 Å². The monoisotopic (exact) mass is 619 g/mol. The molecule has 38 heavy (non-hydrogen) atoms. The zero-order chi connectivity index (χ0) is 28.8. The van der Waals surface area contributed by atoms with Crippen molar-refractivity contribution in [2.45, 2.75) is 4.90 Å². The van der Waals surface area contributed by atoms with Crippen molar-refractivity contribution in [2.24, 2.45) is 0 Å². The number of hydrogen-bond donors (Lipinski definition) is 5. The number of rotatable bonds is 3. The van der Waals surface area contributed by atoms with Crippen LogP contribution in [0.3, 0.4) is 0 Å². The summed E-state index contributed by atoms with van der Waals surface area (Å²) in [4.78, 5) is 24.9. The van der Waals surface area contributed by atoms with Gasteiger partial charge in [-0.1, -0.05) is 58.5 Å². The van der Waals surface area contributed by atoms with E-state index in [9.17, 15) is 18.0 Å². The van der Waals surface area contributed by atoms with Crippen LogP contribution in [0.5, 0.6) is 0 Å². The summed E-state index contributed by atoms with van der Waals surface area (Å²) in [5, 5.41) is 18.6. The van der Waals surface area contributed by atoms with Crippen molar-refractivity contribution in [3.63, 3.8) is 0 Å². The number of anilines is 2. The van der Waals surface area contributed by atoms with Gasteiger partial charge in [0.05, 0.1) is 48.1 Å². The maximum Gasteiger partial charge on any atom is 0.336 e. The molecular formula is C23H17Cl4N3O7S. The summed E-state index contributed by atoms with van der Waals surface area (Å²) in [6.45, 7) is 0. The average molecular weight is 621 g/mol. The van der Waals surface area contributed by atoms with Gasteiger partial charge in [-0.2, -0.15) is 8.42 Å². The van der Waals surface area contributed by atoms with Gasteiger partial charge in [0.1, 0.15) is 4.90 Å². The molecular weight excluding hydrogens is 604 g/mol. The van der Waals surface area contributed by atoms with E-state index in [4.69, 9.17) is 72.6 Å². The third-order valence-electron chi connectivity index (χ3n) is 4.53. The van der Waals surface area contributed by atoms with Crippen LogP contribution < -0.4 is 11.5 Å². The van der Waals surface area contributed by atoms with Gasteiger partial charge in [0, 0.05) is 11.6 Å². The number of pyridine rings is 1. The van der Waals surface area contributed by atoms with Crippen LogP contribution in [0.1, 0.15) is 20.7 Å². The standard InChI is InChI=1S/C10H7NO2.C7H5Cl2NO2.C6H5Cl2NO3S/c12-10(13)8-3-1-5-9-7(8)4-2-6-11-9;8-4-1-3(7(11)12)2-5(9)6(4)10;7-3-1-5(9)6(2-4(3)8)13(10,11)12/h1-6H,(H,12,13);1-2H,10H2,(H,11,12);1-2H,9H2,(H,10,11,12). The van der Waals surface area contributed by atoms with Crippen molar-refractivity contribution in [1.29, 1.82) is 0 Å². The van der Waals surface area contributed by atoms with Crippen LogP contribution in [-0.2, 0) is 10.1 Å². The Kier molecular flexibility index (Phi) is 10.5. The Bertz CT molecular complexity index is 1600. The third kappa shape index (κ3) is 8.09. The first kappa shape index (κ1) is 30.9. The van der Waals surface area contributed by atoms with Crippen LogP contribution in [0, 0.1) is 0 Å². The molecule has 0 saturated heterocycles. The number of halogens is 4. The Morgan fingerprint density at radius 3 is 1.89 bits per heavy atom. The molecule has 0 amide bonds. The summed E-state index contributed by atoms with van der Waals surface area (Å²) < 4.78 is 30.1. The maximum atomic E-state index is 10.8. The van der Waals surface area contributed by atoms with Gasteiger partial charge >= 0.3 is 11.9 Å². The maximum absolute atomic E-state index is 10.8. The number of aromatic nitrogens is 1. The summed E-state index contributed by atoms with van der Waals surface area (Å²) in [6, 6.07) is 13.2. The largest absolute Gasteiger partial charge is 0.478 e. The number of fused-ring (bicyclic) bond motifs is 1. The predicted molar refractivity (Wildman–Crippen MR) is 147 cm³/mol. The second kappa shape index (κ2) is 13.0. The van der Waals surface area contributed by atoms with Crippen LogP contribution in [0.25, 0.3) is 10.9 Å². The van der Waals surface area contributed by atoms with Crippen molar-refractivity contribution in [3.8, 4) is 0 Å². The number of nitrogen functional groups attached to an aromatic ring is 2. The van der Waals surface area contributed by atoms with Gasteiger partial charge in [-0.15, -0.1) is 0 Å². The second-order valence-electron chi connectivity index (χ2n) is 7.12. The first-order chi connectivity index (χ1) is 17.6. The molecule has 0 saturated carbocycles. The number of aromatic carboxylic acids is 2. The summed E-state index contributed by atoms with van der Waals surface area (Å²) in [5.41, 5.74) is 11.8. The van der Waals surface area contributed by atoms with Crippen molar-refractivity contribution < 1.29 is 32.8 Å². The van der Waals surface area contributed by atoms with Gasteiger partial charge in [0.2, 0.25) is 0 Å². The molecule has 3 aromatic carbocycles. The van der Waals surface area contributed by atoms with Gasteiger partial charge in [-0.05, 0) is 42.5 Å². The van der Waals surface area contributed by atoms with Crippen LogP contribution in [0.2, 0.25) is 20.1 Å². The lowest BCUT2D eigenvalue weighted by Crippen LogP contribution is -2.02. The second-order valence-corrected chi connectivity index (χ2v) is 10.1. The zero-order valence-corrected chi connectivity index (χ0v) is 22.6. The molecule has 200 valence electrons. The van der Waals surface area contributed by atoms with E-state index in [0.29, 0.717) is 16.5 Å². The topological polar surface area (TPSA) is 194 Å². The first-order valence-electron chi connectivity index (χ1n) is 9.90. The molecule has 0 fully saturated rings. The molecule has 1 heterocycles. The predicted octanol–water partition coefficient (Wildman–Crippen LogP) is 6.03. The summed E-state index contributed by atoms with van der Waals surface area (Å²) >= 11 is 22.3. The van der Waals surface area contributed by atoms with E-state index in [1.54, 1.807) is 36.5 Å². The van der Waals surface area contributed by atoms with E-state index in [-0.39, 0.29) is 37.0 Å². The summed E-state index contributed by atoms with van der Waals surface area (Å²) in [5.74, 6) is -2.00. The third-order valence-corrected chi connectivity index (χ3v) is 6.79. The van der Waals surface area contributed by atoms with E-state index in [1.165, 1.54) is 12.1 Å². The molecule has 0 spiro atoms. The molecule has 1 aromatic heterocycles. The van der Waals surface area contributed by atoms with Crippen molar-refractivity contribution >= 4 is 90.7 Å². The molecule has 4 aromatic rings. The van der Waals surface area contributed by atoms with E-state index in [0.717, 1.165) is 12.1 Å². The van der Waals surface area contributed by atoms with E-state index >= 15 is 0 Å². The fourth-order valence-corrected chi connectivity index (χ4v) is 4.28. The fourth-order valence-electron chi connectivity index (χ4n) is 2.76. The van der Waals surface area contributed by atoms with Crippen LogP contribution in [-0.4, -0.2) is 40.1 Å². The minimum Gasteiger partial charge on any atom is -0.478 e. The highest BCUT2D eigenvalue weighted by molar-refractivity contribution is 7.86. The number of carboxylic acids is 2. The Balaban J connectivity index is 0.000000200. The number of nitrogens with two attached hydrogens (primary N) is 2. The zero-order valence-electron chi connectivity index (χ0n) is 18.8. The molecule has 0 unspecified atom stereocenters. The van der Waals surface area contributed by atoms with Gasteiger partial charge < -0.3 is 21.7 Å². The fraction of sp³-hybridized carbons (Fsp3) is 0. The molecule has 0 aliphatic rings. The molecule has 0 aliphatic carbocycles. The van der Waals surface area contributed by atoms with Crippen LogP contribution >= 0.6 is 46.4 Å². The van der Waals surface area contributed by atoms with Crippen molar-refractivity contribution in [2.75, 3.05) is 11.5 Å². The lowest BCUT2D eigenvalue weighted by Gasteiger charge is -2.03. The van der Waals surface area contributed by atoms with E-state index < -0.39 is 27.0 Å². The number of carboxylic acid groups (broad SMARTS) is 2. The summed E-state index contributed by atoms with van der Waals surface area (Å²) in [6.07, 6.45) is 1.65. The molecule has 10 nitrogen and oxygen atoms in total.